The summed E-state index contributed by atoms with van der Waals surface area (Å²) in [4.78, 5) is 13.4. The van der Waals surface area contributed by atoms with Gasteiger partial charge in [-0.1, -0.05) is 24.1 Å². The first-order valence-corrected chi connectivity index (χ1v) is 5.51. The van der Waals surface area contributed by atoms with Crippen molar-refractivity contribution >= 4 is 5.91 Å². The summed E-state index contributed by atoms with van der Waals surface area (Å²) in [5.41, 5.74) is 1.44. The van der Waals surface area contributed by atoms with E-state index in [1.807, 2.05) is 30.3 Å². The van der Waals surface area contributed by atoms with Crippen LogP contribution in [-0.4, -0.2) is 34.2 Å². The monoisotopic (exact) mass is 239 g/mol. The van der Waals surface area contributed by atoms with E-state index in [0.29, 0.717) is 5.56 Å². The Balaban J connectivity index is 2.22. The van der Waals surface area contributed by atoms with E-state index in [2.05, 4.69) is 11.0 Å². The second-order valence-electron chi connectivity index (χ2n) is 3.87. The summed E-state index contributed by atoms with van der Waals surface area (Å²) in [5, 5.41) is 4.17. The van der Waals surface area contributed by atoms with Crippen LogP contribution in [0.2, 0.25) is 0 Å². The van der Waals surface area contributed by atoms with Gasteiger partial charge in [-0.3, -0.25) is 4.79 Å². The predicted octanol–water partition coefficient (Wildman–Crippen LogP) is 1.58. The highest BCUT2D eigenvalue weighted by Gasteiger charge is 2.13. The number of carbonyl (C=O) groups is 1. The van der Waals surface area contributed by atoms with Gasteiger partial charge in [0, 0.05) is 13.2 Å². The van der Waals surface area contributed by atoms with E-state index in [-0.39, 0.29) is 12.5 Å². The van der Waals surface area contributed by atoms with Gasteiger partial charge in [0.15, 0.2) is 0 Å². The number of nitrogens with zero attached hydrogens (tertiary/aromatic N) is 3. The van der Waals surface area contributed by atoms with E-state index in [1.54, 1.807) is 24.1 Å². The van der Waals surface area contributed by atoms with Crippen LogP contribution >= 0.6 is 0 Å². The van der Waals surface area contributed by atoms with Gasteiger partial charge in [-0.25, -0.2) is 4.68 Å². The lowest BCUT2D eigenvalue weighted by Crippen LogP contribution is -2.26. The molecule has 0 aliphatic rings. The number of para-hydroxylation sites is 1. The van der Waals surface area contributed by atoms with Crippen LogP contribution in [0.5, 0.6) is 0 Å². The Labute approximate surface area is 106 Å². The van der Waals surface area contributed by atoms with E-state index in [1.165, 1.54) is 4.90 Å². The molecule has 1 aromatic carbocycles. The van der Waals surface area contributed by atoms with E-state index < -0.39 is 0 Å². The maximum atomic E-state index is 12.0. The molecule has 0 fully saturated rings. The van der Waals surface area contributed by atoms with Gasteiger partial charge in [-0.2, -0.15) is 5.10 Å². The number of carbonyl (C=O) groups excluding carboxylic acids is 1. The van der Waals surface area contributed by atoms with E-state index in [0.717, 1.165) is 5.69 Å². The lowest BCUT2D eigenvalue weighted by molar-refractivity contribution is 0.0812. The Morgan fingerprint density at radius 1 is 1.44 bits per heavy atom. The molecule has 0 saturated heterocycles. The molecule has 4 nitrogen and oxygen atoms in total. The second kappa shape index (κ2) is 5.19. The molecule has 0 aliphatic carbocycles. The fraction of sp³-hybridized carbons (Fsp3) is 0.143. The molecule has 0 radical (unpaired) electrons. The van der Waals surface area contributed by atoms with Crippen LogP contribution in [-0.2, 0) is 0 Å². The highest BCUT2D eigenvalue weighted by Crippen LogP contribution is 2.08. The van der Waals surface area contributed by atoms with Gasteiger partial charge in [0.1, 0.15) is 0 Å². The Kier molecular flexibility index (Phi) is 3.44. The molecule has 0 unspecified atom stereocenters. The van der Waals surface area contributed by atoms with Crippen LogP contribution in [0.25, 0.3) is 5.69 Å². The van der Waals surface area contributed by atoms with Crippen LogP contribution in [0.1, 0.15) is 10.4 Å². The summed E-state index contributed by atoms with van der Waals surface area (Å²) in [7, 11) is 1.67. The Morgan fingerprint density at radius 3 is 2.83 bits per heavy atom. The molecule has 18 heavy (non-hydrogen) atoms. The van der Waals surface area contributed by atoms with Crippen molar-refractivity contribution in [3.63, 3.8) is 0 Å². The molecule has 0 N–H and O–H groups in total. The first kappa shape index (κ1) is 11.9. The van der Waals surface area contributed by atoms with Crippen molar-refractivity contribution in [1.82, 2.24) is 14.7 Å². The molecular weight excluding hydrogens is 226 g/mol. The summed E-state index contributed by atoms with van der Waals surface area (Å²) >= 11 is 0. The zero-order valence-corrected chi connectivity index (χ0v) is 10.1. The van der Waals surface area contributed by atoms with Crippen molar-refractivity contribution in [2.45, 2.75) is 0 Å². The number of aromatic nitrogens is 2. The lowest BCUT2D eigenvalue weighted by atomic mass is 10.3. The van der Waals surface area contributed by atoms with E-state index >= 15 is 0 Å². The normalized spacial score (nSPS) is 9.78. The third-order valence-electron chi connectivity index (χ3n) is 2.53. The van der Waals surface area contributed by atoms with Gasteiger partial charge in [-0.05, 0) is 12.1 Å². The van der Waals surface area contributed by atoms with Crippen molar-refractivity contribution in [1.29, 1.82) is 0 Å². The van der Waals surface area contributed by atoms with Crippen molar-refractivity contribution < 1.29 is 4.79 Å². The second-order valence-corrected chi connectivity index (χ2v) is 3.87. The number of amides is 1. The van der Waals surface area contributed by atoms with Crippen molar-refractivity contribution in [3.05, 3.63) is 48.3 Å². The summed E-state index contributed by atoms with van der Waals surface area (Å²) in [6, 6.07) is 9.62. The summed E-state index contributed by atoms with van der Waals surface area (Å²) in [6.07, 6.45) is 8.42. The first-order chi connectivity index (χ1) is 8.72. The van der Waals surface area contributed by atoms with Crippen LogP contribution in [0, 0.1) is 12.3 Å². The zero-order valence-electron chi connectivity index (χ0n) is 10.1. The molecule has 1 amide bonds. The summed E-state index contributed by atoms with van der Waals surface area (Å²) < 4.78 is 1.66. The molecule has 0 spiro atoms. The minimum Gasteiger partial charge on any atom is -0.330 e. The average Bonchev–Trinajstić information content (AvgIpc) is 2.89. The standard InChI is InChI=1S/C14H13N3O/c1-3-9-16(2)14(18)12-10-15-17(11-12)13-7-5-4-6-8-13/h1,4-8,10-11H,9H2,2H3. The molecule has 0 aliphatic heterocycles. The minimum atomic E-state index is -0.130. The van der Waals surface area contributed by atoms with Crippen LogP contribution < -0.4 is 0 Å². The van der Waals surface area contributed by atoms with Crippen LogP contribution in [0.4, 0.5) is 0 Å². The van der Waals surface area contributed by atoms with Crippen molar-refractivity contribution in [3.8, 4) is 18.0 Å². The number of benzene rings is 1. The van der Waals surface area contributed by atoms with E-state index in [4.69, 9.17) is 6.42 Å². The molecule has 0 saturated carbocycles. The Morgan fingerprint density at radius 2 is 2.17 bits per heavy atom. The SMILES string of the molecule is C#CCN(C)C(=O)c1cnn(-c2ccccc2)c1. The molecule has 90 valence electrons. The molecule has 0 bridgehead atoms. The number of hydrogen-bond acceptors (Lipinski definition) is 2. The van der Waals surface area contributed by atoms with Gasteiger partial charge in [0.05, 0.1) is 24.0 Å². The summed E-state index contributed by atoms with van der Waals surface area (Å²) in [5.74, 6) is 2.30. The molecule has 2 aromatic rings. The lowest BCUT2D eigenvalue weighted by Gasteiger charge is -2.11. The molecule has 0 atom stereocenters. The van der Waals surface area contributed by atoms with Gasteiger partial charge >= 0.3 is 0 Å². The zero-order chi connectivity index (χ0) is 13.0. The molecule has 4 heteroatoms. The fourth-order valence-electron chi connectivity index (χ4n) is 1.58. The average molecular weight is 239 g/mol. The minimum absolute atomic E-state index is 0.130. The maximum Gasteiger partial charge on any atom is 0.257 e. The van der Waals surface area contributed by atoms with Gasteiger partial charge in [0.2, 0.25) is 0 Å². The molecule has 1 aromatic heterocycles. The number of terminal acetylenes is 1. The molecule has 1 heterocycles. The molecule has 2 rings (SSSR count). The Bertz CT molecular complexity index is 581. The largest absolute Gasteiger partial charge is 0.330 e. The number of hydrogen-bond donors (Lipinski definition) is 0. The third-order valence-corrected chi connectivity index (χ3v) is 2.53. The third kappa shape index (κ3) is 2.41. The molecular formula is C14H13N3O. The maximum absolute atomic E-state index is 12.0. The summed E-state index contributed by atoms with van der Waals surface area (Å²) in [6.45, 7) is 0.287. The first-order valence-electron chi connectivity index (χ1n) is 5.51. The van der Waals surface area contributed by atoms with Gasteiger partial charge in [0.25, 0.3) is 5.91 Å². The highest BCUT2D eigenvalue weighted by atomic mass is 16.2. The Hall–Kier alpha value is -2.54. The highest BCUT2D eigenvalue weighted by molar-refractivity contribution is 5.93. The smallest absolute Gasteiger partial charge is 0.257 e. The van der Waals surface area contributed by atoms with Crippen LogP contribution in [0.3, 0.4) is 0 Å². The predicted molar refractivity (Wildman–Crippen MR) is 69.4 cm³/mol. The van der Waals surface area contributed by atoms with Crippen molar-refractivity contribution in [2.75, 3.05) is 13.6 Å². The van der Waals surface area contributed by atoms with E-state index in [9.17, 15) is 4.79 Å². The fourth-order valence-corrected chi connectivity index (χ4v) is 1.58. The topological polar surface area (TPSA) is 38.1 Å². The van der Waals surface area contributed by atoms with Gasteiger partial charge < -0.3 is 4.90 Å². The van der Waals surface area contributed by atoms with Crippen LogP contribution in [0.15, 0.2) is 42.7 Å². The van der Waals surface area contributed by atoms with Gasteiger partial charge in [-0.15, -0.1) is 6.42 Å². The quantitative estimate of drug-likeness (QED) is 0.763. The number of rotatable bonds is 3. The van der Waals surface area contributed by atoms with Crippen molar-refractivity contribution in [2.24, 2.45) is 0 Å².